The molecule has 1 heterocycles. The number of nitrogens with zero attached hydrogens (tertiary/aromatic N) is 1. The predicted octanol–water partition coefficient (Wildman–Crippen LogP) is 4.67. The number of halogens is 2. The van der Waals surface area contributed by atoms with E-state index in [-0.39, 0.29) is 27.7 Å². The van der Waals surface area contributed by atoms with Crippen LogP contribution in [0.25, 0.3) is 0 Å². The second-order valence-electron chi connectivity index (χ2n) is 8.73. The molecule has 1 aromatic heterocycles. The van der Waals surface area contributed by atoms with Gasteiger partial charge in [-0.25, -0.2) is 22.2 Å². The van der Waals surface area contributed by atoms with E-state index >= 15 is 4.39 Å². The number of anilines is 3. The number of carbonyl (C=O) groups is 2. The highest BCUT2D eigenvalue weighted by molar-refractivity contribution is 7.92. The van der Waals surface area contributed by atoms with E-state index in [2.05, 4.69) is 20.3 Å². The maximum Gasteiger partial charge on any atom is 0.261 e. The lowest BCUT2D eigenvalue weighted by molar-refractivity contribution is -0.114. The second-order valence-corrected chi connectivity index (χ2v) is 10.4. The molecule has 0 aliphatic heterocycles. The zero-order chi connectivity index (χ0) is 26.0. The van der Waals surface area contributed by atoms with Crippen molar-refractivity contribution in [3.8, 4) is 0 Å². The van der Waals surface area contributed by atoms with E-state index in [1.165, 1.54) is 37.4 Å². The van der Waals surface area contributed by atoms with Crippen LogP contribution in [0.2, 0.25) is 0 Å². The van der Waals surface area contributed by atoms with Gasteiger partial charge in [-0.1, -0.05) is 32.9 Å². The third-order valence-corrected chi connectivity index (χ3v) is 6.30. The fraction of sp³-hybridized carbons (Fsp3) is 0.208. The summed E-state index contributed by atoms with van der Waals surface area (Å²) in [5.74, 6) is -3.83. The van der Waals surface area contributed by atoms with Gasteiger partial charge >= 0.3 is 0 Å². The first-order valence-corrected chi connectivity index (χ1v) is 11.9. The number of hydrogen-bond donors (Lipinski definition) is 3. The maximum atomic E-state index is 15.1. The van der Waals surface area contributed by atoms with Gasteiger partial charge in [-0.15, -0.1) is 0 Å². The number of amides is 2. The molecule has 3 aromatic rings. The van der Waals surface area contributed by atoms with Gasteiger partial charge in [0.2, 0.25) is 5.91 Å². The summed E-state index contributed by atoms with van der Waals surface area (Å²) in [5, 5.41) is 4.73. The molecule has 0 spiro atoms. The van der Waals surface area contributed by atoms with Crippen LogP contribution < -0.4 is 15.4 Å². The Labute approximate surface area is 201 Å². The predicted molar refractivity (Wildman–Crippen MR) is 129 cm³/mol. The van der Waals surface area contributed by atoms with Gasteiger partial charge in [0.1, 0.15) is 17.2 Å². The van der Waals surface area contributed by atoms with Crippen LogP contribution in [0.1, 0.15) is 43.6 Å². The lowest BCUT2D eigenvalue weighted by Gasteiger charge is -2.19. The van der Waals surface area contributed by atoms with Crippen molar-refractivity contribution in [3.05, 3.63) is 77.5 Å². The minimum Gasteiger partial charge on any atom is -0.320 e. The van der Waals surface area contributed by atoms with Crippen molar-refractivity contribution in [3.63, 3.8) is 0 Å². The summed E-state index contributed by atoms with van der Waals surface area (Å²) < 4.78 is 57.0. The first-order chi connectivity index (χ1) is 16.3. The molecule has 3 N–H and O–H groups in total. The van der Waals surface area contributed by atoms with E-state index in [4.69, 9.17) is 0 Å². The molecule has 3 rings (SSSR count). The summed E-state index contributed by atoms with van der Waals surface area (Å²) in [7, 11) is -4.22. The average molecular weight is 503 g/mol. The molecular formula is C24H24F2N4O4S. The summed E-state index contributed by atoms with van der Waals surface area (Å²) in [6.45, 7) is 7.22. The Hall–Kier alpha value is -3.86. The van der Waals surface area contributed by atoms with Gasteiger partial charge in [-0.05, 0) is 47.4 Å². The van der Waals surface area contributed by atoms with Crippen LogP contribution in [0.4, 0.5) is 26.0 Å². The molecular weight excluding hydrogens is 478 g/mol. The minimum atomic E-state index is -4.22. The SMILES string of the molecule is CC(=O)Nc1ccc(NC(=O)c2c(F)ccc(NS(=O)(=O)c3ccc(C(C)(C)C)cc3)c2F)cn1. The number of aromatic nitrogens is 1. The highest BCUT2D eigenvalue weighted by Crippen LogP contribution is 2.27. The third kappa shape index (κ3) is 6.18. The van der Waals surface area contributed by atoms with Crippen molar-refractivity contribution in [2.45, 2.75) is 38.0 Å². The van der Waals surface area contributed by atoms with Crippen LogP contribution in [0.5, 0.6) is 0 Å². The highest BCUT2D eigenvalue weighted by Gasteiger charge is 2.24. The zero-order valence-corrected chi connectivity index (χ0v) is 20.3. The Bertz CT molecular complexity index is 1370. The van der Waals surface area contributed by atoms with E-state index in [0.717, 1.165) is 17.7 Å². The quantitative estimate of drug-likeness (QED) is 0.453. The monoisotopic (exact) mass is 502 g/mol. The summed E-state index contributed by atoms with van der Waals surface area (Å²) in [5.41, 5.74) is -0.744. The van der Waals surface area contributed by atoms with E-state index in [1.54, 1.807) is 12.1 Å². The Balaban J connectivity index is 1.84. The Morgan fingerprint density at radius 2 is 1.57 bits per heavy atom. The Kier molecular flexibility index (Phi) is 7.20. The van der Waals surface area contributed by atoms with Crippen molar-refractivity contribution in [2.24, 2.45) is 0 Å². The number of rotatable bonds is 6. The summed E-state index contributed by atoms with van der Waals surface area (Å²) in [4.78, 5) is 27.4. The Morgan fingerprint density at radius 1 is 0.914 bits per heavy atom. The zero-order valence-electron chi connectivity index (χ0n) is 19.4. The van der Waals surface area contributed by atoms with Gasteiger partial charge in [-0.3, -0.25) is 14.3 Å². The fourth-order valence-electron chi connectivity index (χ4n) is 3.09. The van der Waals surface area contributed by atoms with Crippen molar-refractivity contribution in [1.29, 1.82) is 0 Å². The first kappa shape index (κ1) is 25.8. The molecule has 184 valence electrons. The molecule has 0 saturated carbocycles. The number of pyridine rings is 1. The maximum absolute atomic E-state index is 15.1. The number of carbonyl (C=O) groups excluding carboxylic acids is 2. The lowest BCUT2D eigenvalue weighted by Crippen LogP contribution is -2.19. The molecule has 0 aliphatic rings. The standard InChI is InChI=1S/C24H24F2N4O4S/c1-14(31)28-20-12-7-16(13-27-20)29-23(32)21-18(25)10-11-19(22(21)26)30-35(33,34)17-8-5-15(6-9-17)24(2,3)4/h5-13,30H,1-4H3,(H,29,32)(H,27,28,31). The van der Waals surface area contributed by atoms with E-state index < -0.39 is 38.8 Å². The molecule has 0 bridgehead atoms. The Morgan fingerprint density at radius 3 is 2.11 bits per heavy atom. The number of sulfonamides is 1. The fourth-order valence-corrected chi connectivity index (χ4v) is 4.15. The van der Waals surface area contributed by atoms with Crippen molar-refractivity contribution >= 4 is 39.0 Å². The van der Waals surface area contributed by atoms with E-state index in [0.29, 0.717) is 0 Å². The van der Waals surface area contributed by atoms with Gasteiger partial charge in [0.25, 0.3) is 15.9 Å². The normalized spacial score (nSPS) is 11.6. The molecule has 35 heavy (non-hydrogen) atoms. The largest absolute Gasteiger partial charge is 0.320 e. The molecule has 8 nitrogen and oxygen atoms in total. The van der Waals surface area contributed by atoms with Gasteiger partial charge in [-0.2, -0.15) is 0 Å². The van der Waals surface area contributed by atoms with Gasteiger partial charge in [0.15, 0.2) is 5.82 Å². The summed E-state index contributed by atoms with van der Waals surface area (Å²) >= 11 is 0. The number of benzene rings is 2. The van der Waals surface area contributed by atoms with E-state index in [9.17, 15) is 22.4 Å². The third-order valence-electron chi connectivity index (χ3n) is 4.92. The molecule has 11 heteroatoms. The minimum absolute atomic E-state index is 0.104. The van der Waals surface area contributed by atoms with Gasteiger partial charge < -0.3 is 10.6 Å². The van der Waals surface area contributed by atoms with E-state index in [1.807, 2.05) is 20.8 Å². The van der Waals surface area contributed by atoms with Crippen molar-refractivity contribution < 1.29 is 26.8 Å². The molecule has 0 radical (unpaired) electrons. The number of nitrogens with one attached hydrogen (secondary N) is 3. The second kappa shape index (κ2) is 9.79. The van der Waals surface area contributed by atoms with Crippen LogP contribution in [-0.4, -0.2) is 25.2 Å². The lowest BCUT2D eigenvalue weighted by atomic mass is 9.87. The first-order valence-electron chi connectivity index (χ1n) is 10.4. The van der Waals surface area contributed by atoms with Crippen LogP contribution in [0, 0.1) is 11.6 Å². The average Bonchev–Trinajstić information content (AvgIpc) is 2.76. The topological polar surface area (TPSA) is 117 Å². The van der Waals surface area contributed by atoms with Gasteiger partial charge in [0.05, 0.1) is 22.5 Å². The smallest absolute Gasteiger partial charge is 0.261 e. The molecule has 2 amide bonds. The highest BCUT2D eigenvalue weighted by atomic mass is 32.2. The van der Waals surface area contributed by atoms with Crippen molar-refractivity contribution in [1.82, 2.24) is 4.98 Å². The summed E-state index contributed by atoms with van der Waals surface area (Å²) in [6, 6.07) is 10.5. The molecule has 0 saturated heterocycles. The van der Waals surface area contributed by atoms with Crippen LogP contribution in [0.3, 0.4) is 0 Å². The number of hydrogen-bond acceptors (Lipinski definition) is 5. The van der Waals surface area contributed by atoms with Crippen LogP contribution >= 0.6 is 0 Å². The molecule has 0 fully saturated rings. The molecule has 0 unspecified atom stereocenters. The molecule has 0 aliphatic carbocycles. The molecule has 2 aromatic carbocycles. The molecule has 0 atom stereocenters. The van der Waals surface area contributed by atoms with Gasteiger partial charge in [0, 0.05) is 6.92 Å². The van der Waals surface area contributed by atoms with Crippen LogP contribution in [0.15, 0.2) is 59.6 Å². The van der Waals surface area contributed by atoms with Crippen LogP contribution in [-0.2, 0) is 20.2 Å². The summed E-state index contributed by atoms with van der Waals surface area (Å²) in [6.07, 6.45) is 1.19. The van der Waals surface area contributed by atoms with Crippen molar-refractivity contribution in [2.75, 3.05) is 15.4 Å².